The molecule has 0 aromatic rings. The average molecular weight is 392 g/mol. The highest BCUT2D eigenvalue weighted by molar-refractivity contribution is 7.78. The molecule has 8 atom stereocenters. The van der Waals surface area contributed by atoms with E-state index in [1.165, 1.54) is 0 Å². The van der Waals surface area contributed by atoms with Crippen molar-refractivity contribution in [3.63, 3.8) is 0 Å². The van der Waals surface area contributed by atoms with Gasteiger partial charge in [0.1, 0.15) is 0 Å². The van der Waals surface area contributed by atoms with E-state index in [0.717, 1.165) is 44.1 Å². The third-order valence-corrected chi connectivity index (χ3v) is 7.97. The van der Waals surface area contributed by atoms with Crippen LogP contribution in [0, 0.1) is 17.8 Å². The van der Waals surface area contributed by atoms with Crippen LogP contribution in [0.15, 0.2) is 17.1 Å². The largest absolute Gasteiger partial charge is 0.660 e. The number of ether oxygens (including phenoxy) is 1. The van der Waals surface area contributed by atoms with Crippen LogP contribution in [-0.2, 0) is 4.74 Å². The Morgan fingerprint density at radius 3 is 2.41 bits per heavy atom. The summed E-state index contributed by atoms with van der Waals surface area (Å²) >= 11 is 4.98. The van der Waals surface area contributed by atoms with Crippen LogP contribution in [-0.4, -0.2) is 46.2 Å². The number of aliphatic imine (C=N–C) groups is 1. The molecule has 1 heterocycles. The summed E-state index contributed by atoms with van der Waals surface area (Å²) in [7, 11) is 1.85. The van der Waals surface area contributed by atoms with Gasteiger partial charge in [0.2, 0.25) is 0 Å². The van der Waals surface area contributed by atoms with Crippen molar-refractivity contribution in [2.75, 3.05) is 7.05 Å². The molecule has 0 aromatic heterocycles. The highest BCUT2D eigenvalue weighted by atomic mass is 32.1. The minimum Gasteiger partial charge on any atom is -0.660 e. The summed E-state index contributed by atoms with van der Waals surface area (Å²) in [5.74, 6) is 0.920. The molecule has 0 unspecified atom stereocenters. The van der Waals surface area contributed by atoms with E-state index in [1.54, 1.807) is 0 Å². The van der Waals surface area contributed by atoms with Gasteiger partial charge in [-0.1, -0.05) is 12.2 Å². The second kappa shape index (κ2) is 7.35. The van der Waals surface area contributed by atoms with E-state index in [9.17, 15) is 5.11 Å². The smallest absolute Gasteiger partial charge is 0.0788 e. The van der Waals surface area contributed by atoms with Crippen molar-refractivity contribution in [1.82, 2.24) is 0 Å². The standard InChI is InChI=1S/C22H35N2O2S/c1-14(2)17-9-12-22(5,26-17)16-7-10-20(3,24-13-27)15-8-11-21(4,25)19(23-6)18(15)16/h15-19,25H,1,7-12H2,2-6H3/q-1/t15-,16-,17-,18-,19+,20-,21+,22+/m0/s1. The minimum absolute atomic E-state index is 0.106. The number of rotatable bonds is 4. The summed E-state index contributed by atoms with van der Waals surface area (Å²) in [4.78, 5) is 4.63. The van der Waals surface area contributed by atoms with Crippen LogP contribution in [0.5, 0.6) is 0 Å². The first-order valence-electron chi connectivity index (χ1n) is 10.3. The minimum atomic E-state index is -0.781. The van der Waals surface area contributed by atoms with Gasteiger partial charge in [-0.15, -0.1) is 6.04 Å². The Hall–Kier alpha value is -0.580. The molecule has 1 N–H and O–H groups in total. The molecule has 2 aliphatic carbocycles. The predicted molar refractivity (Wildman–Crippen MR) is 113 cm³/mol. The SMILES string of the molecule is C=C(C)[C@@H]1CC[C@](C)([C@H]2CC[C@](C)(N=C=S)[C@H]3CC[C@@](C)(O)[C@H]([N-]C)[C@H]23)O1. The van der Waals surface area contributed by atoms with Gasteiger partial charge in [0.05, 0.1) is 22.4 Å². The molecule has 1 saturated heterocycles. The number of hydrogen-bond donors (Lipinski definition) is 1. The van der Waals surface area contributed by atoms with Gasteiger partial charge in [0.15, 0.2) is 0 Å². The normalized spacial score (nSPS) is 49.9. The Bertz CT molecular complexity index is 644. The van der Waals surface area contributed by atoms with E-state index < -0.39 is 5.60 Å². The Morgan fingerprint density at radius 2 is 1.85 bits per heavy atom. The molecule has 3 fully saturated rings. The molecule has 0 radical (unpaired) electrons. The van der Waals surface area contributed by atoms with E-state index in [0.29, 0.717) is 11.8 Å². The van der Waals surface area contributed by atoms with Crippen LogP contribution >= 0.6 is 12.2 Å². The quantitative estimate of drug-likeness (QED) is 0.420. The van der Waals surface area contributed by atoms with Crippen LogP contribution in [0.2, 0.25) is 0 Å². The Balaban J connectivity index is 2.00. The maximum absolute atomic E-state index is 11.1. The van der Waals surface area contributed by atoms with Gasteiger partial charge in [0.25, 0.3) is 0 Å². The lowest BCUT2D eigenvalue weighted by Crippen LogP contribution is -2.62. The first-order chi connectivity index (χ1) is 12.6. The molecular weight excluding hydrogens is 356 g/mol. The molecule has 5 heteroatoms. The fourth-order valence-corrected chi connectivity index (χ4v) is 6.57. The number of nitrogens with zero attached hydrogens (tertiary/aromatic N) is 2. The van der Waals surface area contributed by atoms with E-state index in [4.69, 9.17) is 22.3 Å². The Morgan fingerprint density at radius 1 is 1.19 bits per heavy atom. The zero-order chi connectivity index (χ0) is 20.0. The summed E-state index contributed by atoms with van der Waals surface area (Å²) in [5, 5.41) is 18.5. The number of aliphatic hydroxyl groups is 1. The molecule has 152 valence electrons. The lowest BCUT2D eigenvalue weighted by molar-refractivity contribution is -0.142. The number of fused-ring (bicyclic) bond motifs is 1. The lowest BCUT2D eigenvalue weighted by Gasteiger charge is -2.63. The fourth-order valence-electron chi connectivity index (χ4n) is 6.36. The highest BCUT2D eigenvalue weighted by Gasteiger charge is 2.58. The molecular formula is C22H35N2O2S-. The van der Waals surface area contributed by atoms with Gasteiger partial charge < -0.3 is 15.2 Å². The Kier molecular flexibility index (Phi) is 5.75. The summed E-state index contributed by atoms with van der Waals surface area (Å²) in [5.41, 5.74) is -0.0960. The lowest BCUT2D eigenvalue weighted by atomic mass is 9.51. The van der Waals surface area contributed by atoms with Crippen LogP contribution in [0.1, 0.15) is 66.2 Å². The predicted octanol–water partition coefficient (Wildman–Crippen LogP) is 4.92. The van der Waals surface area contributed by atoms with Crippen LogP contribution < -0.4 is 0 Å². The summed E-state index contributed by atoms with van der Waals surface area (Å²) in [6.07, 6.45) is 5.89. The van der Waals surface area contributed by atoms with Crippen LogP contribution in [0.3, 0.4) is 0 Å². The van der Waals surface area contributed by atoms with Crippen LogP contribution in [0.25, 0.3) is 5.32 Å². The fraction of sp³-hybridized carbons (Fsp3) is 0.864. The van der Waals surface area contributed by atoms with Crippen molar-refractivity contribution in [3.05, 3.63) is 17.5 Å². The highest BCUT2D eigenvalue weighted by Crippen LogP contribution is 2.58. The van der Waals surface area contributed by atoms with E-state index in [1.807, 2.05) is 14.0 Å². The van der Waals surface area contributed by atoms with Crippen LogP contribution in [0.4, 0.5) is 0 Å². The summed E-state index contributed by atoms with van der Waals surface area (Å²) in [6.45, 7) is 12.6. The van der Waals surface area contributed by atoms with E-state index in [2.05, 4.69) is 37.5 Å². The molecule has 3 aliphatic rings. The van der Waals surface area contributed by atoms with Gasteiger partial charge in [0, 0.05) is 5.60 Å². The van der Waals surface area contributed by atoms with Gasteiger partial charge in [-0.3, -0.25) is 0 Å². The number of isothiocyanates is 1. The zero-order valence-corrected chi connectivity index (χ0v) is 18.3. The first-order valence-corrected chi connectivity index (χ1v) is 10.7. The number of likely N-dealkylation sites (N-methyl/N-ethyl adjacent to an activating group) is 1. The van der Waals surface area contributed by atoms with Crippen molar-refractivity contribution in [2.24, 2.45) is 22.7 Å². The van der Waals surface area contributed by atoms with Crippen molar-refractivity contribution in [1.29, 1.82) is 0 Å². The second-order valence-electron chi connectivity index (χ2n) is 9.79. The molecule has 1 aliphatic heterocycles. The summed E-state index contributed by atoms with van der Waals surface area (Å²) in [6, 6.07) is -0.106. The average Bonchev–Trinajstić information content (AvgIpc) is 2.98. The zero-order valence-electron chi connectivity index (χ0n) is 17.5. The van der Waals surface area contributed by atoms with Crippen molar-refractivity contribution < 1.29 is 9.84 Å². The number of thiocarbonyl (C=S) groups is 1. The molecule has 2 saturated carbocycles. The maximum Gasteiger partial charge on any atom is 0.0788 e. The van der Waals surface area contributed by atoms with Crippen molar-refractivity contribution in [3.8, 4) is 0 Å². The molecule has 0 bridgehead atoms. The molecule has 3 rings (SSSR count). The van der Waals surface area contributed by atoms with E-state index >= 15 is 0 Å². The van der Waals surface area contributed by atoms with Crippen molar-refractivity contribution in [2.45, 2.75) is 95.1 Å². The first kappa shape index (κ1) is 21.1. The maximum atomic E-state index is 11.1. The third-order valence-electron chi connectivity index (χ3n) is 7.88. The molecule has 0 spiro atoms. The molecule has 27 heavy (non-hydrogen) atoms. The van der Waals surface area contributed by atoms with Crippen molar-refractivity contribution >= 4 is 17.4 Å². The van der Waals surface area contributed by atoms with Gasteiger partial charge in [-0.25, -0.2) is 4.99 Å². The topological polar surface area (TPSA) is 55.9 Å². The monoisotopic (exact) mass is 391 g/mol. The summed E-state index contributed by atoms with van der Waals surface area (Å²) < 4.78 is 6.60. The van der Waals surface area contributed by atoms with Gasteiger partial charge >= 0.3 is 0 Å². The second-order valence-corrected chi connectivity index (χ2v) is 9.97. The van der Waals surface area contributed by atoms with Gasteiger partial charge in [-0.05, 0) is 96.2 Å². The number of hydrogen-bond acceptors (Lipinski definition) is 4. The molecule has 0 amide bonds. The Labute approximate surface area is 169 Å². The van der Waals surface area contributed by atoms with E-state index in [-0.39, 0.29) is 29.2 Å². The van der Waals surface area contributed by atoms with Gasteiger partial charge in [-0.2, -0.15) is 7.05 Å². The molecule has 0 aromatic carbocycles. The molecule has 4 nitrogen and oxygen atoms in total. The third kappa shape index (κ3) is 3.58.